The third-order valence-electron chi connectivity index (χ3n) is 3.54. The van der Waals surface area contributed by atoms with Gasteiger partial charge in [-0.1, -0.05) is 32.0 Å². The van der Waals surface area contributed by atoms with Crippen LogP contribution in [0.2, 0.25) is 0 Å². The van der Waals surface area contributed by atoms with Crippen molar-refractivity contribution in [2.45, 2.75) is 33.3 Å². The summed E-state index contributed by atoms with van der Waals surface area (Å²) in [6, 6.07) is 13.6. The summed E-state index contributed by atoms with van der Waals surface area (Å²) >= 11 is 0. The second-order valence-electron chi connectivity index (χ2n) is 5.46. The first kappa shape index (κ1) is 14.9. The molecule has 0 bridgehead atoms. The third-order valence-corrected chi connectivity index (χ3v) is 3.54. The van der Waals surface area contributed by atoms with E-state index < -0.39 is 0 Å². The molecule has 0 saturated carbocycles. The van der Waals surface area contributed by atoms with Crippen molar-refractivity contribution in [1.82, 2.24) is 0 Å². The maximum absolute atomic E-state index is 9.12. The Balaban J connectivity index is 2.28. The maximum atomic E-state index is 9.12. The molecule has 0 atom stereocenters. The SMILES string of the molecule is Cc1cc(OCc2ccccc2C#N)c(C(C)C)cc1N. The minimum atomic E-state index is 0.328. The van der Waals surface area contributed by atoms with Crippen LogP contribution in [0.3, 0.4) is 0 Å². The molecule has 2 rings (SSSR count). The second kappa shape index (κ2) is 6.32. The van der Waals surface area contributed by atoms with Crippen LogP contribution in [-0.2, 0) is 6.61 Å². The first-order valence-electron chi connectivity index (χ1n) is 7.03. The lowest BCUT2D eigenvalue weighted by atomic mass is 9.99. The number of nitrogens with two attached hydrogens (primary N) is 1. The molecule has 0 aromatic heterocycles. The Hall–Kier alpha value is -2.47. The van der Waals surface area contributed by atoms with Gasteiger partial charge in [0.1, 0.15) is 12.4 Å². The Morgan fingerprint density at radius 2 is 1.95 bits per heavy atom. The number of hydrogen-bond acceptors (Lipinski definition) is 3. The fourth-order valence-corrected chi connectivity index (χ4v) is 2.20. The van der Waals surface area contributed by atoms with Crippen LogP contribution < -0.4 is 10.5 Å². The van der Waals surface area contributed by atoms with E-state index in [0.29, 0.717) is 18.1 Å². The van der Waals surface area contributed by atoms with Crippen molar-refractivity contribution in [2.75, 3.05) is 5.73 Å². The summed E-state index contributed by atoms with van der Waals surface area (Å²) in [5.74, 6) is 1.17. The van der Waals surface area contributed by atoms with Gasteiger partial charge in [-0.15, -0.1) is 0 Å². The van der Waals surface area contributed by atoms with Crippen LogP contribution in [0.15, 0.2) is 36.4 Å². The van der Waals surface area contributed by atoms with Gasteiger partial charge in [0.2, 0.25) is 0 Å². The summed E-state index contributed by atoms with van der Waals surface area (Å²) in [6.45, 7) is 6.57. The number of nitrogens with zero attached hydrogens (tertiary/aromatic N) is 1. The van der Waals surface area contributed by atoms with E-state index in [1.54, 1.807) is 6.07 Å². The summed E-state index contributed by atoms with van der Waals surface area (Å²) in [5.41, 5.74) is 10.4. The summed E-state index contributed by atoms with van der Waals surface area (Å²) in [7, 11) is 0. The number of aryl methyl sites for hydroxylation is 1. The van der Waals surface area contributed by atoms with Gasteiger partial charge in [-0.05, 0) is 42.2 Å². The third kappa shape index (κ3) is 3.35. The molecule has 0 aliphatic heterocycles. The maximum Gasteiger partial charge on any atom is 0.123 e. The Morgan fingerprint density at radius 1 is 1.24 bits per heavy atom. The molecule has 3 nitrogen and oxygen atoms in total. The van der Waals surface area contributed by atoms with Crippen molar-refractivity contribution >= 4 is 5.69 Å². The number of hydrogen-bond donors (Lipinski definition) is 1. The van der Waals surface area contributed by atoms with E-state index >= 15 is 0 Å². The molecule has 3 heteroatoms. The lowest BCUT2D eigenvalue weighted by Crippen LogP contribution is -2.03. The van der Waals surface area contributed by atoms with Crippen LogP contribution in [0, 0.1) is 18.3 Å². The number of rotatable bonds is 4. The van der Waals surface area contributed by atoms with Crippen LogP contribution >= 0.6 is 0 Å². The smallest absolute Gasteiger partial charge is 0.123 e. The molecule has 2 aromatic carbocycles. The average Bonchev–Trinajstić information content (AvgIpc) is 2.48. The molecule has 0 unspecified atom stereocenters. The first-order chi connectivity index (χ1) is 10.0. The highest BCUT2D eigenvalue weighted by atomic mass is 16.5. The van der Waals surface area contributed by atoms with Crippen molar-refractivity contribution in [1.29, 1.82) is 5.26 Å². The van der Waals surface area contributed by atoms with Crippen LogP contribution in [0.4, 0.5) is 5.69 Å². The first-order valence-corrected chi connectivity index (χ1v) is 7.03. The molecule has 21 heavy (non-hydrogen) atoms. The fraction of sp³-hybridized carbons (Fsp3) is 0.278. The normalized spacial score (nSPS) is 10.4. The molecular weight excluding hydrogens is 260 g/mol. The Labute approximate surface area is 126 Å². The molecule has 0 amide bonds. The predicted octanol–water partition coefficient (Wildman–Crippen LogP) is 4.15. The van der Waals surface area contributed by atoms with E-state index in [1.165, 1.54) is 0 Å². The Bertz CT molecular complexity index is 684. The molecule has 108 valence electrons. The van der Waals surface area contributed by atoms with Crippen LogP contribution in [0.5, 0.6) is 5.75 Å². The molecule has 0 radical (unpaired) electrons. The zero-order valence-electron chi connectivity index (χ0n) is 12.7. The van der Waals surface area contributed by atoms with Crippen molar-refractivity contribution in [2.24, 2.45) is 0 Å². The lowest BCUT2D eigenvalue weighted by molar-refractivity contribution is 0.301. The molecule has 2 aromatic rings. The summed E-state index contributed by atoms with van der Waals surface area (Å²) < 4.78 is 5.96. The van der Waals surface area contributed by atoms with Crippen LogP contribution in [-0.4, -0.2) is 0 Å². The zero-order valence-corrected chi connectivity index (χ0v) is 12.7. The van der Waals surface area contributed by atoms with Crippen molar-refractivity contribution in [3.8, 4) is 11.8 Å². The summed E-state index contributed by atoms with van der Waals surface area (Å²) in [4.78, 5) is 0. The van der Waals surface area contributed by atoms with Gasteiger partial charge in [-0.3, -0.25) is 0 Å². The summed E-state index contributed by atoms with van der Waals surface area (Å²) in [5, 5.41) is 9.12. The second-order valence-corrected chi connectivity index (χ2v) is 5.46. The van der Waals surface area contributed by atoms with Crippen molar-refractivity contribution in [3.63, 3.8) is 0 Å². The van der Waals surface area contributed by atoms with E-state index in [0.717, 1.165) is 28.1 Å². The van der Waals surface area contributed by atoms with Gasteiger partial charge in [0, 0.05) is 11.3 Å². The minimum absolute atomic E-state index is 0.328. The molecule has 0 aliphatic rings. The number of ether oxygens (including phenoxy) is 1. The van der Waals surface area contributed by atoms with Crippen molar-refractivity contribution < 1.29 is 4.74 Å². The quantitative estimate of drug-likeness (QED) is 0.856. The van der Waals surface area contributed by atoms with Gasteiger partial charge < -0.3 is 10.5 Å². The Kier molecular flexibility index (Phi) is 4.49. The van der Waals surface area contributed by atoms with E-state index in [1.807, 2.05) is 37.3 Å². The highest BCUT2D eigenvalue weighted by Crippen LogP contribution is 2.31. The number of nitriles is 1. The number of nitrogen functional groups attached to an aromatic ring is 1. The molecule has 0 aliphatic carbocycles. The van der Waals surface area contributed by atoms with Gasteiger partial charge in [-0.25, -0.2) is 0 Å². The molecule has 0 saturated heterocycles. The van der Waals surface area contributed by atoms with Gasteiger partial charge in [0.05, 0.1) is 11.6 Å². The van der Waals surface area contributed by atoms with E-state index in [2.05, 4.69) is 19.9 Å². The minimum Gasteiger partial charge on any atom is -0.489 e. The average molecular weight is 280 g/mol. The monoisotopic (exact) mass is 280 g/mol. The largest absolute Gasteiger partial charge is 0.489 e. The molecule has 0 fully saturated rings. The topological polar surface area (TPSA) is 59.0 Å². The molecular formula is C18H20N2O. The van der Waals surface area contributed by atoms with Crippen LogP contribution in [0.25, 0.3) is 0 Å². The standard InChI is InChI=1S/C18H20N2O/c1-12(2)16-9-17(20)13(3)8-18(16)21-11-15-7-5-4-6-14(15)10-19/h4-9,12H,11,20H2,1-3H3. The van der Waals surface area contributed by atoms with Gasteiger partial charge in [0.15, 0.2) is 0 Å². The lowest BCUT2D eigenvalue weighted by Gasteiger charge is -2.16. The van der Waals surface area contributed by atoms with E-state index in [4.69, 9.17) is 15.7 Å². The van der Waals surface area contributed by atoms with Crippen molar-refractivity contribution in [3.05, 3.63) is 58.7 Å². The predicted molar refractivity (Wildman–Crippen MR) is 85.2 cm³/mol. The van der Waals surface area contributed by atoms with Crippen LogP contribution in [0.1, 0.15) is 42.0 Å². The van der Waals surface area contributed by atoms with Gasteiger partial charge in [0.25, 0.3) is 0 Å². The van der Waals surface area contributed by atoms with Gasteiger partial charge >= 0.3 is 0 Å². The van der Waals surface area contributed by atoms with E-state index in [-0.39, 0.29) is 0 Å². The zero-order chi connectivity index (χ0) is 15.4. The fourth-order valence-electron chi connectivity index (χ4n) is 2.20. The van der Waals surface area contributed by atoms with Gasteiger partial charge in [-0.2, -0.15) is 5.26 Å². The number of anilines is 1. The molecule has 2 N–H and O–H groups in total. The van der Waals surface area contributed by atoms with E-state index in [9.17, 15) is 0 Å². The molecule has 0 spiro atoms. The molecule has 0 heterocycles. The highest BCUT2D eigenvalue weighted by Gasteiger charge is 2.11. The Morgan fingerprint density at radius 3 is 2.62 bits per heavy atom. The number of benzene rings is 2. The highest BCUT2D eigenvalue weighted by molar-refractivity contribution is 5.55. The summed E-state index contributed by atoms with van der Waals surface area (Å²) in [6.07, 6.45) is 0.